The summed E-state index contributed by atoms with van der Waals surface area (Å²) in [5.41, 5.74) is 8.57. The minimum atomic E-state index is -0.567. The van der Waals surface area contributed by atoms with Gasteiger partial charge in [0.1, 0.15) is 11.1 Å². The molecule has 1 amide bonds. The number of carbonyl (C=O) groups excluding carboxylic acids is 1. The highest BCUT2D eigenvalue weighted by atomic mass is 16.3. The Morgan fingerprint density at radius 2 is 1.72 bits per heavy atom. The Morgan fingerprint density at radius 1 is 0.966 bits per heavy atom. The highest BCUT2D eigenvalue weighted by Crippen LogP contribution is 2.26. The molecule has 0 radical (unpaired) electrons. The quantitative estimate of drug-likeness (QED) is 0.538. The van der Waals surface area contributed by atoms with E-state index in [4.69, 9.17) is 10.2 Å². The number of hydrogen-bond acceptors (Lipinski definition) is 4. The molecule has 0 aliphatic heterocycles. The minimum absolute atomic E-state index is 0.220. The van der Waals surface area contributed by atoms with Gasteiger partial charge in [-0.2, -0.15) is 0 Å². The van der Waals surface area contributed by atoms with E-state index >= 15 is 0 Å². The molecule has 0 atom stereocenters. The zero-order valence-corrected chi connectivity index (χ0v) is 16.6. The molecule has 4 rings (SSSR count). The topological polar surface area (TPSA) is 71.8 Å². The number of nitrogens with zero attached hydrogens (tertiary/aromatic N) is 2. The maximum Gasteiger partial charge on any atom is 0.254 e. The number of nitrogens with two attached hydrogens (primary N) is 1. The number of primary amides is 1. The molecular weight excluding hydrogens is 362 g/mol. The lowest BCUT2D eigenvalue weighted by molar-refractivity contribution is 0.0996. The zero-order chi connectivity index (χ0) is 20.4. The second kappa shape index (κ2) is 7.80. The van der Waals surface area contributed by atoms with Gasteiger partial charge < -0.3 is 15.1 Å². The molecule has 0 unspecified atom stereocenters. The van der Waals surface area contributed by atoms with Gasteiger partial charge in [-0.25, -0.2) is 4.99 Å². The predicted molar refractivity (Wildman–Crippen MR) is 117 cm³/mol. The SMILES string of the molecule is CCN(CC)c1ccc2cc(C(N)=O)c(=Nc3cccc4ccccc34)oc2c1. The van der Waals surface area contributed by atoms with Crippen molar-refractivity contribution in [1.82, 2.24) is 0 Å². The number of amides is 1. The molecule has 1 heterocycles. The largest absolute Gasteiger partial charge is 0.437 e. The van der Waals surface area contributed by atoms with Crippen LogP contribution in [0, 0.1) is 0 Å². The van der Waals surface area contributed by atoms with Gasteiger partial charge in [-0.15, -0.1) is 0 Å². The molecule has 0 bridgehead atoms. The molecule has 5 heteroatoms. The van der Waals surface area contributed by atoms with Crippen molar-refractivity contribution in [2.24, 2.45) is 10.7 Å². The molecule has 146 valence electrons. The molecule has 29 heavy (non-hydrogen) atoms. The van der Waals surface area contributed by atoms with Crippen molar-refractivity contribution in [2.45, 2.75) is 13.8 Å². The Hall–Kier alpha value is -3.60. The number of carbonyl (C=O) groups is 1. The van der Waals surface area contributed by atoms with E-state index in [1.54, 1.807) is 6.07 Å². The molecule has 5 nitrogen and oxygen atoms in total. The van der Waals surface area contributed by atoms with E-state index in [9.17, 15) is 4.79 Å². The zero-order valence-electron chi connectivity index (χ0n) is 16.6. The molecule has 0 aliphatic carbocycles. The summed E-state index contributed by atoms with van der Waals surface area (Å²) >= 11 is 0. The summed E-state index contributed by atoms with van der Waals surface area (Å²) in [6.45, 7) is 6.02. The van der Waals surface area contributed by atoms with Crippen LogP contribution in [-0.4, -0.2) is 19.0 Å². The highest BCUT2D eigenvalue weighted by Gasteiger charge is 2.12. The lowest BCUT2D eigenvalue weighted by Crippen LogP contribution is -2.23. The van der Waals surface area contributed by atoms with E-state index in [1.165, 1.54) is 0 Å². The number of anilines is 1. The molecule has 0 saturated heterocycles. The fourth-order valence-corrected chi connectivity index (χ4v) is 3.57. The average Bonchev–Trinajstić information content (AvgIpc) is 2.74. The smallest absolute Gasteiger partial charge is 0.254 e. The van der Waals surface area contributed by atoms with Crippen molar-refractivity contribution in [1.29, 1.82) is 0 Å². The van der Waals surface area contributed by atoms with Crippen LogP contribution in [0.25, 0.3) is 21.7 Å². The third-order valence-corrected chi connectivity index (χ3v) is 5.12. The third kappa shape index (κ3) is 3.59. The number of hydrogen-bond donors (Lipinski definition) is 1. The maximum atomic E-state index is 12.1. The molecule has 3 aromatic carbocycles. The predicted octanol–water partition coefficient (Wildman–Crippen LogP) is 4.76. The standard InChI is InChI=1S/C24H23N3O2/c1-3-27(4-2)18-13-12-17-14-20(23(25)28)24(29-22(17)15-18)26-21-11-7-9-16-8-5-6-10-19(16)21/h5-15H,3-4H2,1-2H3,(H2,25,28). The first kappa shape index (κ1) is 18.7. The highest BCUT2D eigenvalue weighted by molar-refractivity contribution is 5.96. The van der Waals surface area contributed by atoms with Gasteiger partial charge in [-0.05, 0) is 43.5 Å². The Balaban J connectivity index is 1.97. The Kier molecular flexibility index (Phi) is 5.04. The van der Waals surface area contributed by atoms with E-state index < -0.39 is 5.91 Å². The molecule has 0 spiro atoms. The van der Waals surface area contributed by atoms with Gasteiger partial charge in [0, 0.05) is 35.6 Å². The van der Waals surface area contributed by atoms with E-state index in [0.29, 0.717) is 5.58 Å². The van der Waals surface area contributed by atoms with Crippen molar-refractivity contribution >= 4 is 39.0 Å². The van der Waals surface area contributed by atoms with Gasteiger partial charge in [0.05, 0.1) is 5.69 Å². The summed E-state index contributed by atoms with van der Waals surface area (Å²) in [7, 11) is 0. The van der Waals surface area contributed by atoms with Crippen molar-refractivity contribution in [3.05, 3.63) is 77.8 Å². The molecule has 2 N–H and O–H groups in total. The summed E-state index contributed by atoms with van der Waals surface area (Å²) < 4.78 is 6.09. The number of fused-ring (bicyclic) bond motifs is 2. The van der Waals surface area contributed by atoms with Crippen LogP contribution in [0.15, 0.2) is 76.1 Å². The summed E-state index contributed by atoms with van der Waals surface area (Å²) in [5.74, 6) is -0.567. The Labute approximate surface area is 169 Å². The Bertz CT molecular complexity index is 1260. The summed E-state index contributed by atoms with van der Waals surface area (Å²) in [6, 6.07) is 21.5. The van der Waals surface area contributed by atoms with Crippen LogP contribution in [0.1, 0.15) is 24.2 Å². The first-order valence-electron chi connectivity index (χ1n) is 9.76. The molecular formula is C24H23N3O2. The van der Waals surface area contributed by atoms with Crippen molar-refractivity contribution < 1.29 is 9.21 Å². The van der Waals surface area contributed by atoms with Gasteiger partial charge in [-0.3, -0.25) is 4.79 Å². The Morgan fingerprint density at radius 3 is 2.48 bits per heavy atom. The van der Waals surface area contributed by atoms with Crippen LogP contribution in [0.3, 0.4) is 0 Å². The van der Waals surface area contributed by atoms with Gasteiger partial charge in [0.25, 0.3) is 5.91 Å². The minimum Gasteiger partial charge on any atom is -0.437 e. The molecule has 0 fully saturated rings. The summed E-state index contributed by atoms with van der Waals surface area (Å²) in [4.78, 5) is 19.0. The lowest BCUT2D eigenvalue weighted by Gasteiger charge is -2.21. The summed E-state index contributed by atoms with van der Waals surface area (Å²) in [5, 5.41) is 2.86. The van der Waals surface area contributed by atoms with Gasteiger partial charge >= 0.3 is 0 Å². The van der Waals surface area contributed by atoms with E-state index in [2.05, 4.69) is 23.7 Å². The van der Waals surface area contributed by atoms with Crippen LogP contribution in [0.2, 0.25) is 0 Å². The molecule has 0 saturated carbocycles. The third-order valence-electron chi connectivity index (χ3n) is 5.12. The van der Waals surface area contributed by atoms with Crippen LogP contribution in [0.4, 0.5) is 11.4 Å². The first-order chi connectivity index (χ1) is 14.1. The average molecular weight is 385 g/mol. The van der Waals surface area contributed by atoms with E-state index in [0.717, 1.165) is 40.6 Å². The first-order valence-corrected chi connectivity index (χ1v) is 9.76. The van der Waals surface area contributed by atoms with E-state index in [1.807, 2.05) is 60.7 Å². The van der Waals surface area contributed by atoms with Crippen molar-refractivity contribution in [3.63, 3.8) is 0 Å². The lowest BCUT2D eigenvalue weighted by atomic mass is 10.1. The van der Waals surface area contributed by atoms with Crippen LogP contribution < -0.4 is 16.2 Å². The van der Waals surface area contributed by atoms with Crippen LogP contribution in [-0.2, 0) is 0 Å². The van der Waals surface area contributed by atoms with Gasteiger partial charge in [-0.1, -0.05) is 36.4 Å². The van der Waals surface area contributed by atoms with Crippen LogP contribution >= 0.6 is 0 Å². The van der Waals surface area contributed by atoms with Crippen molar-refractivity contribution in [3.8, 4) is 0 Å². The fraction of sp³-hybridized carbons (Fsp3) is 0.167. The van der Waals surface area contributed by atoms with Gasteiger partial charge in [0.2, 0.25) is 5.55 Å². The maximum absolute atomic E-state index is 12.1. The van der Waals surface area contributed by atoms with E-state index in [-0.39, 0.29) is 11.1 Å². The number of benzene rings is 3. The van der Waals surface area contributed by atoms with Crippen LogP contribution in [0.5, 0.6) is 0 Å². The molecule has 1 aromatic heterocycles. The van der Waals surface area contributed by atoms with Crippen molar-refractivity contribution in [2.75, 3.05) is 18.0 Å². The fourth-order valence-electron chi connectivity index (χ4n) is 3.57. The second-order valence-electron chi connectivity index (χ2n) is 6.83. The monoisotopic (exact) mass is 385 g/mol. The van der Waals surface area contributed by atoms with Gasteiger partial charge in [0.15, 0.2) is 0 Å². The molecule has 0 aliphatic rings. The number of rotatable bonds is 5. The molecule has 4 aromatic rings. The summed E-state index contributed by atoms with van der Waals surface area (Å²) in [6.07, 6.45) is 0. The normalized spacial score (nSPS) is 11.9. The second-order valence-corrected chi connectivity index (χ2v) is 6.83.